The first kappa shape index (κ1) is 7.53. The van der Waals surface area contributed by atoms with Gasteiger partial charge in [0.05, 0.1) is 6.67 Å². The lowest BCUT2D eigenvalue weighted by atomic mass is 9.72. The molecule has 2 atom stereocenters. The highest BCUT2D eigenvalue weighted by Crippen LogP contribution is 2.42. The van der Waals surface area contributed by atoms with Gasteiger partial charge in [0.1, 0.15) is 0 Å². The summed E-state index contributed by atoms with van der Waals surface area (Å²) in [7, 11) is 0. The molecule has 11 heavy (non-hydrogen) atoms. The average Bonchev–Trinajstić information content (AvgIpc) is 2.48. The highest BCUT2D eigenvalue weighted by Gasteiger charge is 2.43. The molecule has 2 heteroatoms. The molecule has 0 aromatic heterocycles. The van der Waals surface area contributed by atoms with Gasteiger partial charge in [-0.15, -0.1) is 0 Å². The highest BCUT2D eigenvalue weighted by atomic mass is 19.1. The van der Waals surface area contributed by atoms with E-state index in [4.69, 9.17) is 0 Å². The van der Waals surface area contributed by atoms with Crippen molar-refractivity contribution in [2.45, 2.75) is 38.1 Å². The number of halogens is 1. The topological polar surface area (TPSA) is 12.0 Å². The van der Waals surface area contributed by atoms with Crippen molar-refractivity contribution in [1.29, 1.82) is 0 Å². The maximum Gasteiger partial charge on any atom is 0.0966 e. The summed E-state index contributed by atoms with van der Waals surface area (Å²) in [4.78, 5) is 0. The zero-order valence-corrected chi connectivity index (χ0v) is 6.91. The molecule has 0 radical (unpaired) electrons. The first-order valence-corrected chi connectivity index (χ1v) is 4.67. The van der Waals surface area contributed by atoms with Crippen LogP contribution in [-0.2, 0) is 0 Å². The summed E-state index contributed by atoms with van der Waals surface area (Å²) < 4.78 is 12.8. The molecule has 1 aliphatic carbocycles. The Morgan fingerprint density at radius 3 is 3.00 bits per heavy atom. The van der Waals surface area contributed by atoms with Gasteiger partial charge in [0.15, 0.2) is 0 Å². The van der Waals surface area contributed by atoms with Crippen LogP contribution in [0.25, 0.3) is 0 Å². The van der Waals surface area contributed by atoms with Gasteiger partial charge in [0, 0.05) is 11.5 Å². The zero-order valence-electron chi connectivity index (χ0n) is 6.91. The third-order valence-electron chi connectivity index (χ3n) is 3.44. The quantitative estimate of drug-likeness (QED) is 0.612. The first-order valence-electron chi connectivity index (χ1n) is 4.67. The second-order valence-electron chi connectivity index (χ2n) is 4.00. The molecule has 1 aliphatic heterocycles. The molecular weight excluding hydrogens is 141 g/mol. The molecule has 1 heterocycles. The van der Waals surface area contributed by atoms with E-state index in [-0.39, 0.29) is 12.1 Å². The van der Waals surface area contributed by atoms with Gasteiger partial charge in [0.25, 0.3) is 0 Å². The summed E-state index contributed by atoms with van der Waals surface area (Å²) in [5.74, 6) is 0. The van der Waals surface area contributed by atoms with Gasteiger partial charge in [0.2, 0.25) is 0 Å². The van der Waals surface area contributed by atoms with Crippen LogP contribution in [0.2, 0.25) is 0 Å². The lowest BCUT2D eigenvalue weighted by Gasteiger charge is -2.36. The molecule has 1 N–H and O–H groups in total. The van der Waals surface area contributed by atoms with Gasteiger partial charge >= 0.3 is 0 Å². The fourth-order valence-corrected chi connectivity index (χ4v) is 2.65. The first-order chi connectivity index (χ1) is 5.37. The van der Waals surface area contributed by atoms with Crippen LogP contribution < -0.4 is 5.32 Å². The predicted octanol–water partition coefficient (Wildman–Crippen LogP) is 1.88. The summed E-state index contributed by atoms with van der Waals surface area (Å²) in [6, 6.07) is 0.501. The molecule has 64 valence electrons. The van der Waals surface area contributed by atoms with E-state index < -0.39 is 0 Å². The molecule has 0 amide bonds. The van der Waals surface area contributed by atoms with E-state index in [0.717, 1.165) is 19.4 Å². The predicted molar refractivity (Wildman–Crippen MR) is 43.3 cm³/mol. The lowest BCUT2D eigenvalue weighted by Crippen LogP contribution is -2.40. The second-order valence-corrected chi connectivity index (χ2v) is 4.00. The van der Waals surface area contributed by atoms with E-state index in [0.29, 0.717) is 6.04 Å². The Kier molecular flexibility index (Phi) is 1.88. The molecule has 0 bridgehead atoms. The van der Waals surface area contributed by atoms with Gasteiger partial charge < -0.3 is 5.32 Å². The number of fused-ring (bicyclic) bond motifs is 1. The normalized spacial score (nSPS) is 43.9. The molecule has 2 unspecified atom stereocenters. The van der Waals surface area contributed by atoms with E-state index >= 15 is 0 Å². The van der Waals surface area contributed by atoms with Crippen LogP contribution in [0.1, 0.15) is 32.1 Å². The largest absolute Gasteiger partial charge is 0.313 e. The van der Waals surface area contributed by atoms with Crippen LogP contribution in [0.5, 0.6) is 0 Å². The van der Waals surface area contributed by atoms with E-state index in [9.17, 15) is 4.39 Å². The van der Waals surface area contributed by atoms with Crippen molar-refractivity contribution in [2.24, 2.45) is 5.41 Å². The van der Waals surface area contributed by atoms with Crippen molar-refractivity contribution in [3.05, 3.63) is 0 Å². The number of alkyl halides is 1. The van der Waals surface area contributed by atoms with Gasteiger partial charge in [-0.25, -0.2) is 0 Å². The Morgan fingerprint density at radius 1 is 1.36 bits per heavy atom. The minimum atomic E-state index is -0.106. The van der Waals surface area contributed by atoms with Crippen molar-refractivity contribution in [1.82, 2.24) is 5.32 Å². The zero-order chi connectivity index (χ0) is 7.73. The van der Waals surface area contributed by atoms with Crippen LogP contribution in [-0.4, -0.2) is 19.3 Å². The standard InChI is InChI=1S/C9H16FN/c10-7-9-4-2-1-3-8(9)11-6-5-9/h8,11H,1-7H2. The molecule has 0 aromatic rings. The molecule has 2 aliphatic rings. The summed E-state index contributed by atoms with van der Waals surface area (Å²) in [5, 5.41) is 3.41. The molecular formula is C9H16FN. The van der Waals surface area contributed by atoms with Crippen LogP contribution in [0.15, 0.2) is 0 Å². The van der Waals surface area contributed by atoms with Gasteiger partial charge in [-0.05, 0) is 25.8 Å². The maximum absolute atomic E-state index is 12.8. The van der Waals surface area contributed by atoms with E-state index in [2.05, 4.69) is 5.32 Å². The van der Waals surface area contributed by atoms with Gasteiger partial charge in [-0.1, -0.05) is 12.8 Å². The Bertz CT molecular complexity index is 148. The van der Waals surface area contributed by atoms with Crippen LogP contribution in [0.4, 0.5) is 4.39 Å². The van der Waals surface area contributed by atoms with Crippen molar-refractivity contribution < 1.29 is 4.39 Å². The van der Waals surface area contributed by atoms with Crippen molar-refractivity contribution in [3.8, 4) is 0 Å². The fourth-order valence-electron chi connectivity index (χ4n) is 2.65. The van der Waals surface area contributed by atoms with Crippen LogP contribution in [0, 0.1) is 5.41 Å². The number of rotatable bonds is 1. The van der Waals surface area contributed by atoms with Crippen LogP contribution in [0.3, 0.4) is 0 Å². The minimum absolute atomic E-state index is 0.0538. The SMILES string of the molecule is FCC12CCCCC1NCC2. The molecule has 1 saturated heterocycles. The van der Waals surface area contributed by atoms with Crippen molar-refractivity contribution in [3.63, 3.8) is 0 Å². The fraction of sp³-hybridized carbons (Fsp3) is 1.00. The highest BCUT2D eigenvalue weighted by molar-refractivity contribution is 4.98. The Hall–Kier alpha value is -0.110. The van der Waals surface area contributed by atoms with E-state index in [1.807, 2.05) is 0 Å². The maximum atomic E-state index is 12.8. The molecule has 0 aromatic carbocycles. The lowest BCUT2D eigenvalue weighted by molar-refractivity contribution is 0.127. The second kappa shape index (κ2) is 2.74. The third kappa shape index (κ3) is 1.08. The molecule has 2 fully saturated rings. The van der Waals surface area contributed by atoms with E-state index in [1.54, 1.807) is 0 Å². The Morgan fingerprint density at radius 2 is 2.27 bits per heavy atom. The summed E-state index contributed by atoms with van der Waals surface area (Å²) in [6.07, 6.45) is 5.90. The summed E-state index contributed by atoms with van der Waals surface area (Å²) >= 11 is 0. The monoisotopic (exact) mass is 157 g/mol. The van der Waals surface area contributed by atoms with Crippen molar-refractivity contribution >= 4 is 0 Å². The molecule has 1 nitrogen and oxygen atoms in total. The summed E-state index contributed by atoms with van der Waals surface area (Å²) in [6.45, 7) is 0.930. The molecule has 2 rings (SSSR count). The molecule has 0 spiro atoms. The average molecular weight is 157 g/mol. The Balaban J connectivity index is 2.12. The van der Waals surface area contributed by atoms with Crippen LogP contribution >= 0.6 is 0 Å². The number of hydrogen-bond acceptors (Lipinski definition) is 1. The summed E-state index contributed by atoms with van der Waals surface area (Å²) in [5.41, 5.74) is 0.0538. The van der Waals surface area contributed by atoms with Gasteiger partial charge in [-0.2, -0.15) is 0 Å². The molecule has 1 saturated carbocycles. The van der Waals surface area contributed by atoms with Gasteiger partial charge in [-0.3, -0.25) is 4.39 Å². The number of hydrogen-bond donors (Lipinski definition) is 1. The smallest absolute Gasteiger partial charge is 0.0966 e. The van der Waals surface area contributed by atoms with E-state index in [1.165, 1.54) is 19.3 Å². The number of nitrogens with one attached hydrogen (secondary N) is 1. The Labute approximate surface area is 67.4 Å². The minimum Gasteiger partial charge on any atom is -0.313 e. The third-order valence-corrected chi connectivity index (χ3v) is 3.44. The van der Waals surface area contributed by atoms with Crippen molar-refractivity contribution in [2.75, 3.05) is 13.2 Å².